The Morgan fingerprint density at radius 3 is 2.56 bits per heavy atom. The van der Waals surface area contributed by atoms with Gasteiger partial charge >= 0.3 is 0 Å². The zero-order valence-electron chi connectivity index (χ0n) is 10.1. The quantitative estimate of drug-likeness (QED) is 0.806. The largest absolute Gasteiger partial charge is 0.396 e. The molecule has 0 bridgehead atoms. The van der Waals surface area contributed by atoms with Gasteiger partial charge in [0.15, 0.2) is 0 Å². The minimum atomic E-state index is -0.804. The van der Waals surface area contributed by atoms with Crippen LogP contribution in [-0.2, 0) is 4.79 Å². The predicted octanol–water partition coefficient (Wildman–Crippen LogP) is 1.22. The van der Waals surface area contributed by atoms with E-state index in [0.717, 1.165) is 12.1 Å². The van der Waals surface area contributed by atoms with Gasteiger partial charge in [-0.25, -0.2) is 8.78 Å². The Morgan fingerprint density at radius 1 is 1.39 bits per heavy atom. The van der Waals surface area contributed by atoms with E-state index >= 15 is 0 Å². The zero-order valence-corrected chi connectivity index (χ0v) is 10.1. The minimum absolute atomic E-state index is 0.00771. The van der Waals surface area contributed by atoms with E-state index in [1.165, 1.54) is 6.07 Å². The highest BCUT2D eigenvalue weighted by atomic mass is 19.1. The molecule has 0 aliphatic carbocycles. The van der Waals surface area contributed by atoms with Crippen LogP contribution in [0.2, 0.25) is 0 Å². The second kappa shape index (κ2) is 7.03. The lowest BCUT2D eigenvalue weighted by Gasteiger charge is -2.15. The van der Waals surface area contributed by atoms with E-state index in [-0.39, 0.29) is 13.2 Å². The molecule has 0 aromatic heterocycles. The van der Waals surface area contributed by atoms with Gasteiger partial charge in [-0.1, -0.05) is 6.07 Å². The maximum atomic E-state index is 13.2. The molecule has 1 aromatic rings. The van der Waals surface area contributed by atoms with Crippen molar-refractivity contribution in [3.8, 4) is 0 Å². The number of amides is 1. The van der Waals surface area contributed by atoms with Crippen molar-refractivity contribution in [1.82, 2.24) is 4.90 Å². The Hall–Kier alpha value is -1.53. The molecule has 4 nitrogen and oxygen atoms in total. The molecule has 1 aromatic carbocycles. The normalized spacial score (nSPS) is 10.7. The lowest BCUT2D eigenvalue weighted by atomic mass is 10.3. The van der Waals surface area contributed by atoms with Gasteiger partial charge in [-0.15, -0.1) is 0 Å². The first kappa shape index (κ1) is 14.5. The third-order valence-electron chi connectivity index (χ3n) is 2.34. The summed E-state index contributed by atoms with van der Waals surface area (Å²) in [7, 11) is 1.69. The fourth-order valence-corrected chi connectivity index (χ4v) is 1.46. The number of anilines is 1. The van der Waals surface area contributed by atoms with Crippen molar-refractivity contribution in [2.75, 3.05) is 32.1 Å². The molecular weight excluding hydrogens is 242 g/mol. The van der Waals surface area contributed by atoms with E-state index in [2.05, 4.69) is 5.32 Å². The highest BCUT2D eigenvalue weighted by molar-refractivity contribution is 5.92. The van der Waals surface area contributed by atoms with E-state index in [0.29, 0.717) is 13.0 Å². The van der Waals surface area contributed by atoms with Crippen LogP contribution in [0, 0.1) is 11.6 Å². The molecule has 0 aliphatic rings. The summed E-state index contributed by atoms with van der Waals surface area (Å²) in [4.78, 5) is 13.2. The number of benzene rings is 1. The van der Waals surface area contributed by atoms with Crippen molar-refractivity contribution in [3.05, 3.63) is 29.8 Å². The number of aliphatic hydroxyl groups excluding tert-OH is 1. The van der Waals surface area contributed by atoms with Crippen LogP contribution in [0.5, 0.6) is 0 Å². The van der Waals surface area contributed by atoms with Crippen molar-refractivity contribution >= 4 is 11.6 Å². The summed E-state index contributed by atoms with van der Waals surface area (Å²) < 4.78 is 26.5. The van der Waals surface area contributed by atoms with Crippen molar-refractivity contribution in [1.29, 1.82) is 0 Å². The van der Waals surface area contributed by atoms with Gasteiger partial charge in [0.05, 0.1) is 6.54 Å². The highest BCUT2D eigenvalue weighted by Gasteiger charge is 2.12. The average Bonchev–Trinajstić information content (AvgIpc) is 2.31. The number of halogens is 2. The summed E-state index contributed by atoms with van der Waals surface area (Å²) in [5.41, 5.74) is -0.432. The van der Waals surface area contributed by atoms with Crippen molar-refractivity contribution in [2.24, 2.45) is 0 Å². The molecule has 6 heteroatoms. The number of nitrogens with zero attached hydrogens (tertiary/aromatic N) is 1. The second-order valence-electron chi connectivity index (χ2n) is 3.96. The van der Waals surface area contributed by atoms with Crippen LogP contribution >= 0.6 is 0 Å². The molecule has 0 atom stereocenters. The topological polar surface area (TPSA) is 52.6 Å². The summed E-state index contributed by atoms with van der Waals surface area (Å²) in [6.45, 7) is 0.575. The molecule has 0 radical (unpaired) electrons. The molecule has 0 fully saturated rings. The minimum Gasteiger partial charge on any atom is -0.396 e. The first-order chi connectivity index (χ1) is 8.54. The Kier molecular flexibility index (Phi) is 5.67. The molecule has 2 N–H and O–H groups in total. The first-order valence-electron chi connectivity index (χ1n) is 5.58. The predicted molar refractivity (Wildman–Crippen MR) is 64.2 cm³/mol. The molecule has 18 heavy (non-hydrogen) atoms. The van der Waals surface area contributed by atoms with Gasteiger partial charge in [-0.3, -0.25) is 9.69 Å². The van der Waals surface area contributed by atoms with Crippen LogP contribution < -0.4 is 5.32 Å². The van der Waals surface area contributed by atoms with E-state index in [1.807, 2.05) is 0 Å². The van der Waals surface area contributed by atoms with Gasteiger partial charge in [0, 0.05) is 13.2 Å². The molecule has 0 saturated carbocycles. The van der Waals surface area contributed by atoms with Crippen LogP contribution in [0.4, 0.5) is 14.5 Å². The number of para-hydroxylation sites is 1. The molecule has 0 spiro atoms. The number of carbonyl (C=O) groups is 1. The van der Waals surface area contributed by atoms with Gasteiger partial charge < -0.3 is 10.4 Å². The van der Waals surface area contributed by atoms with E-state index in [1.54, 1.807) is 11.9 Å². The summed E-state index contributed by atoms with van der Waals surface area (Å²) >= 11 is 0. The third-order valence-corrected chi connectivity index (χ3v) is 2.34. The molecule has 1 rings (SSSR count). The maximum absolute atomic E-state index is 13.2. The van der Waals surface area contributed by atoms with E-state index in [4.69, 9.17) is 5.11 Å². The number of hydrogen-bond donors (Lipinski definition) is 2. The Balaban J connectivity index is 2.54. The fourth-order valence-electron chi connectivity index (χ4n) is 1.46. The smallest absolute Gasteiger partial charge is 0.238 e. The fraction of sp³-hybridized carbons (Fsp3) is 0.417. The van der Waals surface area contributed by atoms with Gasteiger partial charge in [0.1, 0.15) is 17.3 Å². The molecule has 0 saturated heterocycles. The van der Waals surface area contributed by atoms with Crippen molar-refractivity contribution in [3.63, 3.8) is 0 Å². The highest BCUT2D eigenvalue weighted by Crippen LogP contribution is 2.17. The van der Waals surface area contributed by atoms with Gasteiger partial charge in [-0.05, 0) is 25.6 Å². The second-order valence-corrected chi connectivity index (χ2v) is 3.96. The van der Waals surface area contributed by atoms with Crippen LogP contribution in [0.15, 0.2) is 18.2 Å². The molecule has 0 unspecified atom stereocenters. The van der Waals surface area contributed by atoms with E-state index in [9.17, 15) is 13.6 Å². The molecule has 0 heterocycles. The Morgan fingerprint density at radius 2 is 2.00 bits per heavy atom. The van der Waals surface area contributed by atoms with Gasteiger partial charge in [0.25, 0.3) is 0 Å². The summed E-state index contributed by atoms with van der Waals surface area (Å²) in [6.07, 6.45) is 0.540. The Bertz CT molecular complexity index is 393. The molecule has 1 amide bonds. The van der Waals surface area contributed by atoms with Crippen LogP contribution in [-0.4, -0.2) is 42.7 Å². The maximum Gasteiger partial charge on any atom is 0.238 e. The molecule has 0 aliphatic heterocycles. The third kappa shape index (κ3) is 4.38. The number of hydrogen-bond acceptors (Lipinski definition) is 3. The summed E-state index contributed by atoms with van der Waals surface area (Å²) in [5, 5.41) is 10.8. The number of aliphatic hydroxyl groups is 1. The number of carbonyl (C=O) groups excluding carboxylic acids is 1. The van der Waals surface area contributed by atoms with Crippen LogP contribution in [0.3, 0.4) is 0 Å². The Labute approximate surface area is 104 Å². The SMILES string of the molecule is CN(CCCO)CC(=O)Nc1c(F)cccc1F. The lowest BCUT2D eigenvalue weighted by Crippen LogP contribution is -2.31. The van der Waals surface area contributed by atoms with Gasteiger partial charge in [-0.2, -0.15) is 0 Å². The monoisotopic (exact) mass is 258 g/mol. The first-order valence-corrected chi connectivity index (χ1v) is 5.58. The number of likely N-dealkylation sites (N-methyl/N-ethyl adjacent to an activating group) is 1. The van der Waals surface area contributed by atoms with Crippen molar-refractivity contribution < 1.29 is 18.7 Å². The standard InChI is InChI=1S/C12H16F2N2O2/c1-16(6-3-7-17)8-11(18)15-12-9(13)4-2-5-10(12)14/h2,4-5,17H,3,6-8H2,1H3,(H,15,18). The van der Waals surface area contributed by atoms with Crippen LogP contribution in [0.1, 0.15) is 6.42 Å². The number of nitrogens with one attached hydrogen (secondary N) is 1. The van der Waals surface area contributed by atoms with Gasteiger partial charge in [0.2, 0.25) is 5.91 Å². The molecular formula is C12H16F2N2O2. The van der Waals surface area contributed by atoms with E-state index < -0.39 is 23.2 Å². The van der Waals surface area contributed by atoms with Crippen LogP contribution in [0.25, 0.3) is 0 Å². The molecule has 100 valence electrons. The summed E-state index contributed by atoms with van der Waals surface area (Å²) in [6, 6.07) is 3.38. The summed E-state index contributed by atoms with van der Waals surface area (Å²) in [5.74, 6) is -2.11. The average molecular weight is 258 g/mol. The van der Waals surface area contributed by atoms with Crippen molar-refractivity contribution in [2.45, 2.75) is 6.42 Å². The lowest BCUT2D eigenvalue weighted by molar-refractivity contribution is -0.117. The zero-order chi connectivity index (χ0) is 13.5. The number of rotatable bonds is 6.